The van der Waals surface area contributed by atoms with Crippen LogP contribution in [0.2, 0.25) is 0 Å². The number of hydrogen-bond donors (Lipinski definition) is 1. The number of nitrogens with one attached hydrogen (secondary N) is 1. The fourth-order valence-corrected chi connectivity index (χ4v) is 6.38. The molecule has 26 heavy (non-hydrogen) atoms. The number of thiophene rings is 1. The fraction of sp³-hybridized carbons (Fsp3) is 0.611. The van der Waals surface area contributed by atoms with Gasteiger partial charge in [-0.1, -0.05) is 24.1 Å². The Kier molecular flexibility index (Phi) is 5.45. The third-order valence-electron chi connectivity index (χ3n) is 5.30. The molecule has 4 rings (SSSR count). The number of rotatable bonds is 6. The zero-order valence-corrected chi connectivity index (χ0v) is 16.4. The van der Waals surface area contributed by atoms with Crippen molar-refractivity contribution < 1.29 is 12.9 Å². The molecule has 0 aromatic carbocycles. The largest absolute Gasteiger partial charge is 0.355 e. The van der Waals surface area contributed by atoms with Crippen LogP contribution in [0.15, 0.2) is 28.1 Å². The van der Waals surface area contributed by atoms with Gasteiger partial charge in [0.2, 0.25) is 10.0 Å². The van der Waals surface area contributed by atoms with Crippen LogP contribution in [-0.4, -0.2) is 42.9 Å². The van der Waals surface area contributed by atoms with Crippen LogP contribution in [0, 0.1) is 0 Å². The molecule has 0 bridgehead atoms. The third-order valence-corrected chi connectivity index (χ3v) is 8.10. The second-order valence-corrected chi connectivity index (χ2v) is 10.2. The van der Waals surface area contributed by atoms with Crippen molar-refractivity contribution in [3.63, 3.8) is 0 Å². The van der Waals surface area contributed by atoms with Crippen molar-refractivity contribution in [2.24, 2.45) is 0 Å². The summed E-state index contributed by atoms with van der Waals surface area (Å²) in [6, 6.07) is 6.09. The van der Waals surface area contributed by atoms with Crippen molar-refractivity contribution in [1.29, 1.82) is 0 Å². The Morgan fingerprint density at radius 2 is 2.12 bits per heavy atom. The van der Waals surface area contributed by atoms with Crippen molar-refractivity contribution in [3.8, 4) is 10.6 Å². The van der Waals surface area contributed by atoms with Gasteiger partial charge in [0.25, 0.3) is 0 Å². The summed E-state index contributed by atoms with van der Waals surface area (Å²) in [5, 5.41) is 5.84. The van der Waals surface area contributed by atoms with Gasteiger partial charge in [-0.05, 0) is 43.7 Å². The van der Waals surface area contributed by atoms with Gasteiger partial charge < -0.3 is 4.52 Å². The van der Waals surface area contributed by atoms with Crippen molar-refractivity contribution in [2.75, 3.05) is 13.1 Å². The average Bonchev–Trinajstić information content (AvgIpc) is 3.37. The van der Waals surface area contributed by atoms with Gasteiger partial charge in [0.15, 0.2) is 5.76 Å². The maximum Gasteiger partial charge on any atom is 0.215 e. The molecule has 3 heterocycles. The highest BCUT2D eigenvalue weighted by molar-refractivity contribution is 7.90. The predicted octanol–water partition coefficient (Wildman–Crippen LogP) is 3.23. The lowest BCUT2D eigenvalue weighted by molar-refractivity contribution is 0.215. The van der Waals surface area contributed by atoms with Gasteiger partial charge in [-0.25, -0.2) is 13.1 Å². The molecular weight excluding hydrogens is 370 g/mol. The zero-order chi connectivity index (χ0) is 18.0. The summed E-state index contributed by atoms with van der Waals surface area (Å²) < 4.78 is 33.8. The summed E-state index contributed by atoms with van der Waals surface area (Å²) in [7, 11) is -3.26. The summed E-state index contributed by atoms with van der Waals surface area (Å²) in [4.78, 5) is 3.24. The fourth-order valence-electron chi connectivity index (χ4n) is 3.93. The van der Waals surface area contributed by atoms with Crippen LogP contribution in [0.5, 0.6) is 0 Å². The minimum atomic E-state index is -3.26. The van der Waals surface area contributed by atoms with Crippen LogP contribution in [0.4, 0.5) is 0 Å². The molecule has 1 aliphatic heterocycles. The number of hydrogen-bond acceptors (Lipinski definition) is 6. The molecular formula is C18H25N3O3S2. The Morgan fingerprint density at radius 3 is 2.88 bits per heavy atom. The van der Waals surface area contributed by atoms with Gasteiger partial charge in [0.05, 0.1) is 15.8 Å². The molecule has 0 amide bonds. The van der Waals surface area contributed by atoms with Crippen LogP contribution in [0.1, 0.15) is 44.2 Å². The van der Waals surface area contributed by atoms with Gasteiger partial charge in [0, 0.05) is 25.2 Å². The second kappa shape index (κ2) is 7.80. The number of likely N-dealkylation sites (tertiary alicyclic amines) is 1. The molecule has 1 atom stereocenters. The van der Waals surface area contributed by atoms with Crippen molar-refractivity contribution >= 4 is 21.4 Å². The lowest BCUT2D eigenvalue weighted by Gasteiger charge is -2.32. The summed E-state index contributed by atoms with van der Waals surface area (Å²) >= 11 is 1.62. The van der Waals surface area contributed by atoms with Crippen molar-refractivity contribution in [3.05, 3.63) is 29.3 Å². The van der Waals surface area contributed by atoms with E-state index in [-0.39, 0.29) is 11.3 Å². The van der Waals surface area contributed by atoms with Gasteiger partial charge in [0.1, 0.15) is 0 Å². The van der Waals surface area contributed by atoms with E-state index < -0.39 is 10.0 Å². The van der Waals surface area contributed by atoms with E-state index in [0.29, 0.717) is 13.1 Å². The van der Waals surface area contributed by atoms with Gasteiger partial charge in [-0.3, -0.25) is 4.90 Å². The second-order valence-electron chi connectivity index (χ2n) is 7.30. The molecule has 0 radical (unpaired) electrons. The normalized spacial score (nSPS) is 22.8. The van der Waals surface area contributed by atoms with E-state index >= 15 is 0 Å². The first-order chi connectivity index (χ1) is 12.6. The van der Waals surface area contributed by atoms with Crippen LogP contribution >= 0.6 is 11.3 Å². The Hall–Kier alpha value is -1.22. The Balaban J connectivity index is 1.37. The smallest absolute Gasteiger partial charge is 0.215 e. The van der Waals surface area contributed by atoms with Gasteiger partial charge >= 0.3 is 0 Å². The summed E-state index contributed by atoms with van der Waals surface area (Å²) in [5.74, 6) is 0.777. The Labute approximate surface area is 158 Å². The molecule has 8 heteroatoms. The van der Waals surface area contributed by atoms with Crippen LogP contribution in [-0.2, 0) is 16.6 Å². The first-order valence-corrected chi connectivity index (χ1v) is 11.8. The number of piperidine rings is 1. The lowest BCUT2D eigenvalue weighted by atomic mass is 10.1. The topological polar surface area (TPSA) is 75.4 Å². The van der Waals surface area contributed by atoms with E-state index in [0.717, 1.165) is 61.4 Å². The summed E-state index contributed by atoms with van der Waals surface area (Å²) in [5.41, 5.74) is 0.857. The first kappa shape index (κ1) is 18.2. The van der Waals surface area contributed by atoms with E-state index in [1.807, 2.05) is 23.6 Å². The quantitative estimate of drug-likeness (QED) is 0.813. The molecule has 1 aliphatic carbocycles. The maximum atomic E-state index is 12.7. The van der Waals surface area contributed by atoms with Crippen molar-refractivity contribution in [1.82, 2.24) is 14.8 Å². The predicted molar refractivity (Wildman–Crippen MR) is 102 cm³/mol. The molecule has 1 unspecified atom stereocenters. The molecule has 2 fully saturated rings. The minimum Gasteiger partial charge on any atom is -0.355 e. The van der Waals surface area contributed by atoms with Crippen molar-refractivity contribution in [2.45, 2.75) is 56.4 Å². The van der Waals surface area contributed by atoms with Crippen LogP contribution in [0.25, 0.3) is 10.6 Å². The lowest BCUT2D eigenvalue weighted by Crippen LogP contribution is -2.48. The maximum absolute atomic E-state index is 12.7. The average molecular weight is 396 g/mol. The monoisotopic (exact) mass is 395 g/mol. The molecule has 2 aromatic rings. The van der Waals surface area contributed by atoms with E-state index in [9.17, 15) is 8.42 Å². The summed E-state index contributed by atoms with van der Waals surface area (Å²) in [6.07, 6.45) is 5.83. The third kappa shape index (κ3) is 4.19. The summed E-state index contributed by atoms with van der Waals surface area (Å²) in [6.45, 7) is 2.09. The Bertz CT molecular complexity index is 811. The van der Waals surface area contributed by atoms with E-state index in [4.69, 9.17) is 4.52 Å². The van der Waals surface area contributed by atoms with Crippen LogP contribution < -0.4 is 4.72 Å². The standard InChI is InChI=1S/C18H25N3O3S2/c22-26(23,20-14-5-1-2-6-14)16-7-3-9-21(13-16)12-15-11-17(24-19-15)18-8-4-10-25-18/h4,8,10-11,14,16,20H,1-3,5-7,9,12-13H2. The molecule has 1 saturated carbocycles. The molecule has 2 aliphatic rings. The van der Waals surface area contributed by atoms with E-state index in [1.54, 1.807) is 11.3 Å². The SMILES string of the molecule is O=S(=O)(NC1CCCC1)C1CCCN(Cc2cc(-c3cccs3)on2)C1. The van der Waals surface area contributed by atoms with Gasteiger partial charge in [-0.15, -0.1) is 11.3 Å². The highest BCUT2D eigenvalue weighted by Gasteiger charge is 2.33. The zero-order valence-electron chi connectivity index (χ0n) is 14.8. The first-order valence-electron chi connectivity index (χ1n) is 9.33. The van der Waals surface area contributed by atoms with E-state index in [1.165, 1.54) is 0 Å². The number of aromatic nitrogens is 1. The van der Waals surface area contributed by atoms with E-state index in [2.05, 4.69) is 14.8 Å². The molecule has 2 aromatic heterocycles. The Morgan fingerprint density at radius 1 is 1.27 bits per heavy atom. The highest BCUT2D eigenvalue weighted by Crippen LogP contribution is 2.27. The van der Waals surface area contributed by atoms with Crippen LogP contribution in [0.3, 0.4) is 0 Å². The van der Waals surface area contributed by atoms with Gasteiger partial charge in [-0.2, -0.15) is 0 Å². The number of sulfonamides is 1. The molecule has 142 valence electrons. The number of nitrogens with zero attached hydrogens (tertiary/aromatic N) is 2. The molecule has 0 spiro atoms. The minimum absolute atomic E-state index is 0.138. The molecule has 1 N–H and O–H groups in total. The highest BCUT2D eigenvalue weighted by atomic mass is 32.2. The molecule has 1 saturated heterocycles. The molecule has 6 nitrogen and oxygen atoms in total.